The predicted octanol–water partition coefficient (Wildman–Crippen LogP) is 3.49. The molecule has 1 aromatic heterocycles. The van der Waals surface area contributed by atoms with E-state index in [-0.39, 0.29) is 5.82 Å². The minimum Gasteiger partial charge on any atom is -0.496 e. The van der Waals surface area contributed by atoms with E-state index in [9.17, 15) is 4.39 Å². The molecule has 1 aromatic carbocycles. The summed E-state index contributed by atoms with van der Waals surface area (Å²) >= 11 is 5.94. The Kier molecular flexibility index (Phi) is 2.88. The van der Waals surface area contributed by atoms with Gasteiger partial charge < -0.3 is 9.30 Å². The van der Waals surface area contributed by atoms with Gasteiger partial charge in [0, 0.05) is 12.6 Å². The number of nitrogens with zero attached hydrogens (tertiary/aromatic N) is 1. The fourth-order valence-corrected chi connectivity index (χ4v) is 1.79. The van der Waals surface area contributed by atoms with Gasteiger partial charge in [-0.1, -0.05) is 11.6 Å². The minimum absolute atomic E-state index is 0.298. The second-order valence-corrected chi connectivity index (χ2v) is 3.83. The molecular weight excluding hydrogens is 229 g/mol. The highest BCUT2D eigenvalue weighted by atomic mass is 35.5. The standard InChI is InChI=1S/C12H11ClFNO/c1-15-10(4-6-12(15)13)9-7-8(14)3-5-11(9)16-2/h3-7H,1-2H3. The van der Waals surface area contributed by atoms with Crippen molar-refractivity contribution in [3.05, 3.63) is 41.3 Å². The van der Waals surface area contributed by atoms with Crippen molar-refractivity contribution in [2.75, 3.05) is 7.11 Å². The van der Waals surface area contributed by atoms with Crippen LogP contribution in [-0.2, 0) is 7.05 Å². The van der Waals surface area contributed by atoms with Crippen molar-refractivity contribution in [3.63, 3.8) is 0 Å². The fourth-order valence-electron chi connectivity index (χ4n) is 1.64. The molecule has 0 spiro atoms. The number of ether oxygens (including phenoxy) is 1. The van der Waals surface area contributed by atoms with E-state index in [1.165, 1.54) is 12.1 Å². The predicted molar refractivity (Wildman–Crippen MR) is 62.4 cm³/mol. The second kappa shape index (κ2) is 4.18. The number of benzene rings is 1. The van der Waals surface area contributed by atoms with Crippen molar-refractivity contribution in [2.24, 2.45) is 7.05 Å². The lowest BCUT2D eigenvalue weighted by Crippen LogP contribution is -1.95. The van der Waals surface area contributed by atoms with Gasteiger partial charge >= 0.3 is 0 Å². The van der Waals surface area contributed by atoms with Crippen LogP contribution in [0, 0.1) is 5.82 Å². The van der Waals surface area contributed by atoms with Crippen LogP contribution in [0.3, 0.4) is 0 Å². The summed E-state index contributed by atoms with van der Waals surface area (Å²) in [5, 5.41) is 0.598. The van der Waals surface area contributed by atoms with E-state index in [2.05, 4.69) is 0 Å². The number of halogens is 2. The molecule has 0 fully saturated rings. The molecule has 1 heterocycles. The van der Waals surface area contributed by atoms with Crippen LogP contribution in [-0.4, -0.2) is 11.7 Å². The van der Waals surface area contributed by atoms with Gasteiger partial charge in [-0.25, -0.2) is 4.39 Å². The second-order valence-electron chi connectivity index (χ2n) is 3.44. The van der Waals surface area contributed by atoms with Crippen LogP contribution in [0.15, 0.2) is 30.3 Å². The number of hydrogen-bond acceptors (Lipinski definition) is 1. The summed E-state index contributed by atoms with van der Waals surface area (Å²) in [4.78, 5) is 0. The summed E-state index contributed by atoms with van der Waals surface area (Å²) in [6.07, 6.45) is 0. The third-order valence-electron chi connectivity index (χ3n) is 2.50. The molecule has 2 aromatic rings. The van der Waals surface area contributed by atoms with Gasteiger partial charge in [-0.3, -0.25) is 0 Å². The molecule has 2 nitrogen and oxygen atoms in total. The van der Waals surface area contributed by atoms with Crippen molar-refractivity contribution < 1.29 is 9.13 Å². The van der Waals surface area contributed by atoms with E-state index in [0.717, 1.165) is 5.69 Å². The van der Waals surface area contributed by atoms with E-state index in [0.29, 0.717) is 16.5 Å². The normalized spacial score (nSPS) is 10.5. The van der Waals surface area contributed by atoms with Gasteiger partial charge in [0.25, 0.3) is 0 Å². The van der Waals surface area contributed by atoms with Crippen LogP contribution < -0.4 is 4.74 Å². The maximum absolute atomic E-state index is 13.2. The van der Waals surface area contributed by atoms with Crippen molar-refractivity contribution in [1.29, 1.82) is 0 Å². The van der Waals surface area contributed by atoms with Gasteiger partial charge in [-0.15, -0.1) is 0 Å². The summed E-state index contributed by atoms with van der Waals surface area (Å²) in [5.41, 5.74) is 1.51. The third kappa shape index (κ3) is 1.78. The number of aromatic nitrogens is 1. The Hall–Kier alpha value is -1.48. The van der Waals surface area contributed by atoms with Crippen molar-refractivity contribution >= 4 is 11.6 Å². The van der Waals surface area contributed by atoms with Gasteiger partial charge in [-0.2, -0.15) is 0 Å². The molecule has 4 heteroatoms. The first-order chi connectivity index (χ1) is 7.63. The maximum Gasteiger partial charge on any atom is 0.128 e. The first-order valence-corrected chi connectivity index (χ1v) is 5.16. The van der Waals surface area contributed by atoms with Crippen molar-refractivity contribution in [2.45, 2.75) is 0 Å². The Morgan fingerprint density at radius 1 is 1.25 bits per heavy atom. The Bertz CT molecular complexity index is 522. The van der Waals surface area contributed by atoms with Crippen molar-refractivity contribution in [1.82, 2.24) is 4.57 Å². The van der Waals surface area contributed by atoms with E-state index < -0.39 is 0 Å². The Morgan fingerprint density at radius 3 is 2.56 bits per heavy atom. The Morgan fingerprint density at radius 2 is 2.00 bits per heavy atom. The van der Waals surface area contributed by atoms with E-state index in [1.807, 2.05) is 13.1 Å². The summed E-state index contributed by atoms with van der Waals surface area (Å²) in [6.45, 7) is 0. The highest BCUT2D eigenvalue weighted by Gasteiger charge is 2.11. The Balaban J connectivity index is 2.62. The molecule has 0 bridgehead atoms. The lowest BCUT2D eigenvalue weighted by molar-refractivity contribution is 0.415. The zero-order chi connectivity index (χ0) is 11.7. The maximum atomic E-state index is 13.2. The zero-order valence-corrected chi connectivity index (χ0v) is 9.75. The molecule has 0 N–H and O–H groups in total. The van der Waals surface area contributed by atoms with Gasteiger partial charge in [-0.05, 0) is 30.3 Å². The lowest BCUT2D eigenvalue weighted by atomic mass is 10.1. The molecule has 84 valence electrons. The molecule has 2 rings (SSSR count). The molecule has 16 heavy (non-hydrogen) atoms. The van der Waals surface area contributed by atoms with Crippen LogP contribution in [0.1, 0.15) is 0 Å². The van der Waals surface area contributed by atoms with Crippen LogP contribution >= 0.6 is 11.6 Å². The number of methoxy groups -OCH3 is 1. The first-order valence-electron chi connectivity index (χ1n) is 4.78. The molecule has 0 radical (unpaired) electrons. The van der Waals surface area contributed by atoms with Crippen molar-refractivity contribution in [3.8, 4) is 17.0 Å². The highest BCUT2D eigenvalue weighted by molar-refractivity contribution is 6.29. The topological polar surface area (TPSA) is 14.2 Å². The molecule has 0 unspecified atom stereocenters. The quantitative estimate of drug-likeness (QED) is 0.783. The molecule has 0 saturated carbocycles. The van der Waals surface area contributed by atoms with Gasteiger partial charge in [0.2, 0.25) is 0 Å². The van der Waals surface area contributed by atoms with Crippen LogP contribution in [0.4, 0.5) is 4.39 Å². The monoisotopic (exact) mass is 239 g/mol. The molecule has 0 aliphatic carbocycles. The number of rotatable bonds is 2. The van der Waals surface area contributed by atoms with Crippen LogP contribution in [0.25, 0.3) is 11.3 Å². The highest BCUT2D eigenvalue weighted by Crippen LogP contribution is 2.32. The summed E-state index contributed by atoms with van der Waals surface area (Å²) in [5.74, 6) is 0.326. The lowest BCUT2D eigenvalue weighted by Gasteiger charge is -2.09. The van der Waals surface area contributed by atoms with Crippen LogP contribution in [0.2, 0.25) is 5.15 Å². The van der Waals surface area contributed by atoms with E-state index in [1.54, 1.807) is 23.8 Å². The first kappa shape index (κ1) is 11.0. The summed E-state index contributed by atoms with van der Waals surface area (Å²) in [7, 11) is 3.38. The molecular formula is C12H11ClFNO. The largest absolute Gasteiger partial charge is 0.496 e. The number of hydrogen-bond donors (Lipinski definition) is 0. The van der Waals surface area contributed by atoms with E-state index in [4.69, 9.17) is 16.3 Å². The molecule has 0 saturated heterocycles. The fraction of sp³-hybridized carbons (Fsp3) is 0.167. The van der Waals surface area contributed by atoms with Gasteiger partial charge in [0.1, 0.15) is 16.7 Å². The SMILES string of the molecule is COc1ccc(F)cc1-c1ccc(Cl)n1C. The Labute approximate surface area is 98.2 Å². The molecule has 0 atom stereocenters. The zero-order valence-electron chi connectivity index (χ0n) is 9.00. The van der Waals surface area contributed by atoms with E-state index >= 15 is 0 Å². The van der Waals surface area contributed by atoms with Gasteiger partial charge in [0.15, 0.2) is 0 Å². The van der Waals surface area contributed by atoms with Gasteiger partial charge in [0.05, 0.1) is 12.8 Å². The summed E-state index contributed by atoms with van der Waals surface area (Å²) in [6, 6.07) is 8.00. The molecule has 0 aliphatic rings. The third-order valence-corrected chi connectivity index (χ3v) is 2.88. The summed E-state index contributed by atoms with van der Waals surface area (Å²) < 4.78 is 20.2. The molecule has 0 aliphatic heterocycles. The smallest absolute Gasteiger partial charge is 0.128 e. The average molecular weight is 240 g/mol. The van der Waals surface area contributed by atoms with Crippen LogP contribution in [0.5, 0.6) is 5.75 Å². The minimum atomic E-state index is -0.298. The molecule has 0 amide bonds. The average Bonchev–Trinajstić information content (AvgIpc) is 2.60.